The molecule has 0 aromatic carbocycles. The summed E-state index contributed by atoms with van der Waals surface area (Å²) in [6.07, 6.45) is 5.27. The number of aliphatic hydroxyl groups is 1. The molecule has 1 saturated heterocycles. The van der Waals surface area contributed by atoms with Crippen LogP contribution < -0.4 is 5.32 Å². The average Bonchev–Trinajstić information content (AvgIpc) is 2.29. The van der Waals surface area contributed by atoms with Crippen molar-refractivity contribution in [2.75, 3.05) is 26.2 Å². The lowest BCUT2D eigenvalue weighted by atomic mass is 10.00. The van der Waals surface area contributed by atoms with Crippen molar-refractivity contribution in [3.05, 3.63) is 0 Å². The highest BCUT2D eigenvalue weighted by molar-refractivity contribution is 5.78. The molecule has 1 rings (SSSR count). The van der Waals surface area contributed by atoms with Gasteiger partial charge in [0.25, 0.3) is 0 Å². The van der Waals surface area contributed by atoms with Crippen LogP contribution in [0.3, 0.4) is 0 Å². The van der Waals surface area contributed by atoms with Gasteiger partial charge in [-0.1, -0.05) is 13.3 Å². The van der Waals surface area contributed by atoms with Gasteiger partial charge in [0.1, 0.15) is 0 Å². The summed E-state index contributed by atoms with van der Waals surface area (Å²) in [4.78, 5) is 13.8. The van der Waals surface area contributed by atoms with E-state index < -0.39 is 0 Å². The Balaban J connectivity index is 2.33. The van der Waals surface area contributed by atoms with Crippen molar-refractivity contribution in [3.63, 3.8) is 0 Å². The van der Waals surface area contributed by atoms with Crippen molar-refractivity contribution in [2.24, 2.45) is 0 Å². The Morgan fingerprint density at radius 1 is 1.50 bits per heavy atom. The lowest BCUT2D eigenvalue weighted by Crippen LogP contribution is -2.46. The van der Waals surface area contributed by atoms with Crippen LogP contribution in [0.1, 0.15) is 39.0 Å². The summed E-state index contributed by atoms with van der Waals surface area (Å²) in [7, 11) is 0. The van der Waals surface area contributed by atoms with Gasteiger partial charge in [0.15, 0.2) is 0 Å². The van der Waals surface area contributed by atoms with Gasteiger partial charge in [-0.05, 0) is 32.2 Å². The number of carbonyl (C=O) groups excluding carboxylic acids is 1. The number of hydrogen-bond donors (Lipinski definition) is 2. The first kappa shape index (κ1) is 13.5. The molecule has 1 unspecified atom stereocenters. The maximum absolute atomic E-state index is 11.6. The molecule has 4 heteroatoms. The number of hydrogen-bond acceptors (Lipinski definition) is 3. The van der Waals surface area contributed by atoms with Crippen LogP contribution in [0.4, 0.5) is 0 Å². The van der Waals surface area contributed by atoms with Gasteiger partial charge in [-0.2, -0.15) is 0 Å². The third-order valence-electron chi connectivity index (χ3n) is 3.13. The number of amides is 1. The van der Waals surface area contributed by atoms with Crippen LogP contribution in [0.5, 0.6) is 0 Å². The lowest BCUT2D eigenvalue weighted by molar-refractivity contribution is -0.123. The van der Waals surface area contributed by atoms with Gasteiger partial charge in [0.05, 0.1) is 6.54 Å². The summed E-state index contributed by atoms with van der Waals surface area (Å²) in [5, 5.41) is 11.9. The van der Waals surface area contributed by atoms with Gasteiger partial charge < -0.3 is 10.4 Å². The predicted octanol–water partition coefficient (Wildman–Crippen LogP) is 0.749. The van der Waals surface area contributed by atoms with Crippen LogP contribution >= 0.6 is 0 Å². The Bertz CT molecular complexity index is 207. The maximum atomic E-state index is 11.6. The van der Waals surface area contributed by atoms with Gasteiger partial charge in [-0.25, -0.2) is 0 Å². The van der Waals surface area contributed by atoms with E-state index in [1.54, 1.807) is 0 Å². The van der Waals surface area contributed by atoms with Gasteiger partial charge in [0, 0.05) is 19.2 Å². The van der Waals surface area contributed by atoms with Gasteiger partial charge in [0.2, 0.25) is 5.91 Å². The fourth-order valence-corrected chi connectivity index (χ4v) is 2.25. The molecule has 0 aliphatic carbocycles. The molecule has 1 aliphatic heterocycles. The Morgan fingerprint density at radius 3 is 3.00 bits per heavy atom. The smallest absolute Gasteiger partial charge is 0.234 e. The normalized spacial score (nSPS) is 22.0. The highest BCUT2D eigenvalue weighted by atomic mass is 16.3. The molecule has 1 amide bonds. The molecule has 1 fully saturated rings. The van der Waals surface area contributed by atoms with E-state index in [9.17, 15) is 4.79 Å². The first-order valence-electron chi connectivity index (χ1n) is 6.39. The third-order valence-corrected chi connectivity index (χ3v) is 3.13. The van der Waals surface area contributed by atoms with Crippen molar-refractivity contribution in [2.45, 2.75) is 45.1 Å². The molecule has 0 bridgehead atoms. The van der Waals surface area contributed by atoms with E-state index in [4.69, 9.17) is 5.11 Å². The zero-order valence-corrected chi connectivity index (χ0v) is 10.2. The SMILES string of the molecule is CCCNC(=O)CN1CCCCC1CCO. The third kappa shape index (κ3) is 4.49. The van der Waals surface area contributed by atoms with Crippen LogP contribution in [0.15, 0.2) is 0 Å². The zero-order valence-electron chi connectivity index (χ0n) is 10.2. The second-order valence-corrected chi connectivity index (χ2v) is 4.48. The summed E-state index contributed by atoms with van der Waals surface area (Å²) < 4.78 is 0. The Kier molecular flexibility index (Phi) is 6.42. The van der Waals surface area contributed by atoms with Gasteiger partial charge in [-0.15, -0.1) is 0 Å². The molecular weight excluding hydrogens is 204 g/mol. The highest BCUT2D eigenvalue weighted by Crippen LogP contribution is 2.18. The minimum absolute atomic E-state index is 0.117. The Labute approximate surface area is 98.0 Å². The zero-order chi connectivity index (χ0) is 11.8. The topological polar surface area (TPSA) is 52.6 Å². The van der Waals surface area contributed by atoms with E-state index in [2.05, 4.69) is 17.1 Å². The molecule has 94 valence electrons. The molecule has 0 aromatic heterocycles. The Morgan fingerprint density at radius 2 is 2.31 bits per heavy atom. The molecule has 0 radical (unpaired) electrons. The van der Waals surface area contributed by atoms with E-state index >= 15 is 0 Å². The number of nitrogens with one attached hydrogen (secondary N) is 1. The average molecular weight is 228 g/mol. The number of likely N-dealkylation sites (tertiary alicyclic amines) is 1. The molecular formula is C12H24N2O2. The van der Waals surface area contributed by atoms with E-state index in [0.717, 1.165) is 32.4 Å². The quantitative estimate of drug-likeness (QED) is 0.705. The van der Waals surface area contributed by atoms with Crippen LogP contribution in [0.2, 0.25) is 0 Å². The molecule has 1 aliphatic rings. The fourth-order valence-electron chi connectivity index (χ4n) is 2.25. The van der Waals surface area contributed by atoms with Crippen LogP contribution in [-0.4, -0.2) is 48.2 Å². The minimum Gasteiger partial charge on any atom is -0.396 e. The number of carbonyl (C=O) groups is 1. The number of nitrogens with zero attached hydrogens (tertiary/aromatic N) is 1. The van der Waals surface area contributed by atoms with Crippen molar-refractivity contribution in [1.29, 1.82) is 0 Å². The molecule has 16 heavy (non-hydrogen) atoms. The molecule has 0 spiro atoms. The standard InChI is InChI=1S/C12H24N2O2/c1-2-7-13-12(16)10-14-8-4-3-5-11(14)6-9-15/h11,15H,2-10H2,1H3,(H,13,16). The van der Waals surface area contributed by atoms with E-state index in [1.807, 2.05) is 0 Å². The maximum Gasteiger partial charge on any atom is 0.234 e. The van der Waals surface area contributed by atoms with Crippen molar-refractivity contribution >= 4 is 5.91 Å². The fraction of sp³-hybridized carbons (Fsp3) is 0.917. The van der Waals surface area contributed by atoms with Crippen molar-refractivity contribution in [1.82, 2.24) is 10.2 Å². The number of piperidine rings is 1. The van der Waals surface area contributed by atoms with Crippen molar-refractivity contribution < 1.29 is 9.90 Å². The van der Waals surface area contributed by atoms with Crippen molar-refractivity contribution in [3.8, 4) is 0 Å². The van der Waals surface area contributed by atoms with Gasteiger partial charge >= 0.3 is 0 Å². The van der Waals surface area contributed by atoms with Crippen LogP contribution in [0, 0.1) is 0 Å². The highest BCUT2D eigenvalue weighted by Gasteiger charge is 2.23. The summed E-state index contributed by atoms with van der Waals surface area (Å²) in [5.41, 5.74) is 0. The van der Waals surface area contributed by atoms with Crippen LogP contribution in [-0.2, 0) is 4.79 Å². The monoisotopic (exact) mass is 228 g/mol. The Hall–Kier alpha value is -0.610. The number of aliphatic hydroxyl groups excluding tert-OH is 1. The summed E-state index contributed by atoms with van der Waals surface area (Å²) >= 11 is 0. The molecule has 1 atom stereocenters. The minimum atomic E-state index is 0.117. The first-order valence-corrected chi connectivity index (χ1v) is 6.39. The van der Waals surface area contributed by atoms with E-state index in [1.165, 1.54) is 12.8 Å². The second-order valence-electron chi connectivity index (χ2n) is 4.48. The first-order chi connectivity index (χ1) is 7.77. The lowest BCUT2D eigenvalue weighted by Gasteiger charge is -2.34. The summed E-state index contributed by atoms with van der Waals surface area (Å²) in [6, 6.07) is 0.395. The molecule has 4 nitrogen and oxygen atoms in total. The molecule has 0 saturated carbocycles. The largest absolute Gasteiger partial charge is 0.396 e. The molecule has 1 heterocycles. The van der Waals surface area contributed by atoms with Crippen LogP contribution in [0.25, 0.3) is 0 Å². The predicted molar refractivity (Wildman–Crippen MR) is 64.2 cm³/mol. The van der Waals surface area contributed by atoms with Gasteiger partial charge in [-0.3, -0.25) is 9.69 Å². The molecule has 2 N–H and O–H groups in total. The summed E-state index contributed by atoms with van der Waals surface area (Å²) in [6.45, 7) is 4.51. The van der Waals surface area contributed by atoms with E-state index in [0.29, 0.717) is 12.6 Å². The molecule has 0 aromatic rings. The number of rotatable bonds is 6. The second kappa shape index (κ2) is 7.63. The summed E-state index contributed by atoms with van der Waals surface area (Å²) in [5.74, 6) is 0.117. The van der Waals surface area contributed by atoms with E-state index in [-0.39, 0.29) is 12.5 Å².